The maximum atomic E-state index is 13.4. The lowest BCUT2D eigenvalue weighted by atomic mass is 9.85. The Balaban J connectivity index is 1.79. The summed E-state index contributed by atoms with van der Waals surface area (Å²) in [6.45, 7) is 6.67. The average Bonchev–Trinajstić information content (AvgIpc) is 3.33. The highest BCUT2D eigenvalue weighted by molar-refractivity contribution is 5.94. The van der Waals surface area contributed by atoms with Crippen LogP contribution >= 0.6 is 0 Å². The summed E-state index contributed by atoms with van der Waals surface area (Å²) in [5.74, 6) is 0.956. The predicted octanol–water partition coefficient (Wildman–Crippen LogP) is 3.72. The molecule has 1 amide bonds. The number of benzene rings is 2. The molecule has 0 saturated carbocycles. The molecule has 0 radical (unpaired) electrons. The fourth-order valence-corrected chi connectivity index (χ4v) is 4.27. The van der Waals surface area contributed by atoms with Crippen molar-refractivity contribution in [2.24, 2.45) is 5.73 Å². The van der Waals surface area contributed by atoms with Gasteiger partial charge in [-0.15, -0.1) is 0 Å². The van der Waals surface area contributed by atoms with Gasteiger partial charge in [-0.2, -0.15) is 0 Å². The van der Waals surface area contributed by atoms with E-state index in [9.17, 15) is 4.79 Å². The molecule has 5 heteroatoms. The Bertz CT molecular complexity index is 825. The van der Waals surface area contributed by atoms with Crippen LogP contribution in [0.15, 0.2) is 48.5 Å². The third kappa shape index (κ3) is 4.85. The Morgan fingerprint density at radius 1 is 1.17 bits per heavy atom. The lowest BCUT2D eigenvalue weighted by molar-refractivity contribution is 0.0694. The summed E-state index contributed by atoms with van der Waals surface area (Å²) in [5, 5.41) is 3.39. The van der Waals surface area contributed by atoms with Crippen molar-refractivity contribution in [3.8, 4) is 5.75 Å². The van der Waals surface area contributed by atoms with Crippen LogP contribution in [0.5, 0.6) is 5.75 Å². The minimum absolute atomic E-state index is 0.0840. The first-order valence-corrected chi connectivity index (χ1v) is 11.1. The van der Waals surface area contributed by atoms with Crippen LogP contribution in [0.3, 0.4) is 0 Å². The number of para-hydroxylation sites is 1. The fourth-order valence-electron chi connectivity index (χ4n) is 4.27. The highest BCUT2D eigenvalue weighted by Gasteiger charge is 2.28. The monoisotopic (exact) mass is 409 g/mol. The molecule has 1 aliphatic heterocycles. The number of nitrogens with one attached hydrogen (secondary N) is 1. The first kappa shape index (κ1) is 22.3. The molecule has 1 saturated heterocycles. The van der Waals surface area contributed by atoms with Gasteiger partial charge in [-0.3, -0.25) is 4.79 Å². The molecule has 1 heterocycles. The van der Waals surface area contributed by atoms with Crippen molar-refractivity contribution in [2.45, 2.75) is 51.1 Å². The highest BCUT2D eigenvalue weighted by atomic mass is 16.5. The van der Waals surface area contributed by atoms with Crippen LogP contribution in [0.2, 0.25) is 0 Å². The van der Waals surface area contributed by atoms with Gasteiger partial charge in [0.05, 0.1) is 7.11 Å². The van der Waals surface area contributed by atoms with Crippen LogP contribution in [0.25, 0.3) is 0 Å². The van der Waals surface area contributed by atoms with Gasteiger partial charge in [0.25, 0.3) is 5.91 Å². The summed E-state index contributed by atoms with van der Waals surface area (Å²) < 4.78 is 5.49. The summed E-state index contributed by atoms with van der Waals surface area (Å²) in [6, 6.07) is 16.1. The number of hydrogen-bond donors (Lipinski definition) is 2. The van der Waals surface area contributed by atoms with E-state index in [0.29, 0.717) is 6.54 Å². The Hall–Kier alpha value is -2.37. The minimum atomic E-state index is -0.333. The minimum Gasteiger partial charge on any atom is -0.496 e. The van der Waals surface area contributed by atoms with Crippen molar-refractivity contribution in [1.29, 1.82) is 0 Å². The molecule has 1 atom stereocenters. The second kappa shape index (κ2) is 10.1. The van der Waals surface area contributed by atoms with E-state index in [1.54, 1.807) is 7.11 Å². The third-order valence-corrected chi connectivity index (χ3v) is 6.52. The number of carbonyl (C=O) groups is 1. The normalized spacial score (nSPS) is 16.5. The lowest BCUT2D eigenvalue weighted by Crippen LogP contribution is -2.43. The van der Waals surface area contributed by atoms with E-state index in [1.807, 2.05) is 47.4 Å². The van der Waals surface area contributed by atoms with Crippen LogP contribution in [-0.2, 0) is 12.0 Å². The van der Waals surface area contributed by atoms with E-state index in [4.69, 9.17) is 10.5 Å². The molecule has 162 valence electrons. The summed E-state index contributed by atoms with van der Waals surface area (Å²) in [4.78, 5) is 15.5. The molecule has 2 aromatic rings. The van der Waals surface area contributed by atoms with E-state index in [2.05, 4.69) is 25.2 Å². The number of carbonyl (C=O) groups excluding carboxylic acids is 1. The van der Waals surface area contributed by atoms with Crippen LogP contribution in [0.1, 0.15) is 54.6 Å². The summed E-state index contributed by atoms with van der Waals surface area (Å²) in [6.07, 6.45) is 3.49. The van der Waals surface area contributed by atoms with E-state index in [1.165, 1.54) is 0 Å². The molecule has 0 aliphatic carbocycles. The SMILES string of the molecule is CCC(N)(CC)c1ccc(C(=O)N(CCc2ccccc2OC)C2CCNC2)cc1. The van der Waals surface area contributed by atoms with Crippen molar-refractivity contribution >= 4 is 5.91 Å². The van der Waals surface area contributed by atoms with E-state index < -0.39 is 0 Å². The molecule has 1 unspecified atom stereocenters. The van der Waals surface area contributed by atoms with Gasteiger partial charge in [0.15, 0.2) is 0 Å². The molecule has 3 rings (SSSR count). The molecule has 30 heavy (non-hydrogen) atoms. The van der Waals surface area contributed by atoms with Gasteiger partial charge >= 0.3 is 0 Å². The first-order chi connectivity index (χ1) is 14.5. The Morgan fingerprint density at radius 3 is 2.47 bits per heavy atom. The average molecular weight is 410 g/mol. The molecule has 1 fully saturated rings. The zero-order chi connectivity index (χ0) is 21.6. The van der Waals surface area contributed by atoms with Gasteiger partial charge in [0.1, 0.15) is 5.75 Å². The predicted molar refractivity (Wildman–Crippen MR) is 122 cm³/mol. The molecule has 1 aliphatic rings. The Morgan fingerprint density at radius 2 is 1.87 bits per heavy atom. The quantitative estimate of drug-likeness (QED) is 0.662. The fraction of sp³-hybridized carbons (Fsp3) is 0.480. The zero-order valence-corrected chi connectivity index (χ0v) is 18.5. The molecule has 0 spiro atoms. The van der Waals surface area contributed by atoms with Gasteiger partial charge < -0.3 is 20.7 Å². The second-order valence-electron chi connectivity index (χ2n) is 8.15. The van der Waals surface area contributed by atoms with Crippen LogP contribution in [0, 0.1) is 0 Å². The summed E-state index contributed by atoms with van der Waals surface area (Å²) >= 11 is 0. The second-order valence-corrected chi connectivity index (χ2v) is 8.15. The molecule has 0 aromatic heterocycles. The molecule has 0 bridgehead atoms. The number of ether oxygens (including phenoxy) is 1. The van der Waals surface area contributed by atoms with Gasteiger partial charge in [-0.05, 0) is 61.6 Å². The van der Waals surface area contributed by atoms with E-state index in [0.717, 1.165) is 61.2 Å². The smallest absolute Gasteiger partial charge is 0.254 e. The van der Waals surface area contributed by atoms with Gasteiger partial charge in [0, 0.05) is 30.2 Å². The molecular weight excluding hydrogens is 374 g/mol. The number of nitrogens with two attached hydrogens (primary N) is 1. The van der Waals surface area contributed by atoms with Gasteiger partial charge in [-0.25, -0.2) is 0 Å². The maximum absolute atomic E-state index is 13.4. The first-order valence-electron chi connectivity index (χ1n) is 11.1. The van der Waals surface area contributed by atoms with Crippen molar-refractivity contribution in [3.63, 3.8) is 0 Å². The highest BCUT2D eigenvalue weighted by Crippen LogP contribution is 2.26. The third-order valence-electron chi connectivity index (χ3n) is 6.52. The number of nitrogens with zero attached hydrogens (tertiary/aromatic N) is 1. The van der Waals surface area contributed by atoms with Crippen molar-refractivity contribution in [2.75, 3.05) is 26.7 Å². The van der Waals surface area contributed by atoms with Gasteiger partial charge in [0.2, 0.25) is 0 Å². The maximum Gasteiger partial charge on any atom is 0.254 e. The molecular formula is C25H35N3O2. The Labute approximate surface area is 180 Å². The number of amides is 1. The van der Waals surface area contributed by atoms with Crippen molar-refractivity contribution in [3.05, 3.63) is 65.2 Å². The molecule has 3 N–H and O–H groups in total. The summed E-state index contributed by atoms with van der Waals surface area (Å²) in [7, 11) is 1.69. The van der Waals surface area contributed by atoms with Gasteiger partial charge in [-0.1, -0.05) is 44.2 Å². The largest absolute Gasteiger partial charge is 0.496 e. The van der Waals surface area contributed by atoms with Crippen LogP contribution in [0.4, 0.5) is 0 Å². The van der Waals surface area contributed by atoms with Crippen LogP contribution in [-0.4, -0.2) is 43.6 Å². The van der Waals surface area contributed by atoms with Crippen molar-refractivity contribution in [1.82, 2.24) is 10.2 Å². The van der Waals surface area contributed by atoms with E-state index in [-0.39, 0.29) is 17.5 Å². The van der Waals surface area contributed by atoms with Crippen LogP contribution < -0.4 is 15.8 Å². The Kier molecular flexibility index (Phi) is 7.51. The molecule has 2 aromatic carbocycles. The number of rotatable bonds is 9. The molecule has 5 nitrogen and oxygen atoms in total. The standard InChI is InChI=1S/C25H35N3O2/c1-4-25(26,5-2)21-12-10-20(11-13-21)24(29)28(22-14-16-27-18-22)17-15-19-8-6-7-9-23(19)30-3/h6-13,22,27H,4-5,14-18,26H2,1-3H3. The zero-order valence-electron chi connectivity index (χ0n) is 18.5. The number of methoxy groups -OCH3 is 1. The lowest BCUT2D eigenvalue weighted by Gasteiger charge is -2.30. The topological polar surface area (TPSA) is 67.6 Å². The van der Waals surface area contributed by atoms with Crippen molar-refractivity contribution < 1.29 is 9.53 Å². The number of hydrogen-bond acceptors (Lipinski definition) is 4. The van der Waals surface area contributed by atoms with E-state index >= 15 is 0 Å². The summed E-state index contributed by atoms with van der Waals surface area (Å²) in [5.41, 5.74) is 9.13.